The Morgan fingerprint density at radius 3 is 2.79 bits per heavy atom. The maximum Gasteiger partial charge on any atom is 0.181 e. The van der Waals surface area contributed by atoms with Gasteiger partial charge in [0.1, 0.15) is 11.7 Å². The maximum absolute atomic E-state index is 12.6. The summed E-state index contributed by atoms with van der Waals surface area (Å²) in [7, 11) is 0. The zero-order valence-electron chi connectivity index (χ0n) is 13.3. The standard InChI is InChI=1S/C19H17N3O2/c20-11-12-4-1-5-13(10-12)22-18-14(6-2-8-16(18)23)21-15-7-3-9-17(24)19(15)22/h1,4-5,10,18H,2-3,6-9H2. The first kappa shape index (κ1) is 14.8. The molecule has 4 rings (SSSR count). The van der Waals surface area contributed by atoms with E-state index in [1.54, 1.807) is 18.2 Å². The third-order valence-electron chi connectivity index (χ3n) is 4.86. The second-order valence-corrected chi connectivity index (χ2v) is 6.43. The number of aliphatic imine (C=N–C) groups is 1. The average Bonchev–Trinajstić information content (AvgIpc) is 2.60. The topological polar surface area (TPSA) is 73.5 Å². The van der Waals surface area contributed by atoms with Crippen molar-refractivity contribution in [3.63, 3.8) is 0 Å². The Bertz CT molecular complexity index is 844. The van der Waals surface area contributed by atoms with Gasteiger partial charge in [0, 0.05) is 24.2 Å². The Hall–Kier alpha value is -2.74. The van der Waals surface area contributed by atoms with Crippen molar-refractivity contribution in [2.75, 3.05) is 4.90 Å². The molecule has 1 aromatic carbocycles. The number of hydrogen-bond acceptors (Lipinski definition) is 5. The molecule has 3 aliphatic rings. The lowest BCUT2D eigenvalue weighted by molar-refractivity contribution is -0.119. The zero-order valence-corrected chi connectivity index (χ0v) is 13.3. The largest absolute Gasteiger partial charge is 0.321 e. The predicted octanol–water partition coefficient (Wildman–Crippen LogP) is 2.91. The van der Waals surface area contributed by atoms with Gasteiger partial charge in [-0.1, -0.05) is 6.07 Å². The molecule has 1 aliphatic heterocycles. The van der Waals surface area contributed by atoms with Crippen molar-refractivity contribution in [1.29, 1.82) is 5.26 Å². The Balaban J connectivity index is 1.91. The number of benzene rings is 1. The number of Topliss-reactive ketones (excluding diaryl/α,β-unsaturated/α-hetero) is 2. The first-order valence-electron chi connectivity index (χ1n) is 8.35. The number of carbonyl (C=O) groups is 2. The fourth-order valence-electron chi connectivity index (χ4n) is 3.82. The third-order valence-corrected chi connectivity index (χ3v) is 4.86. The van der Waals surface area contributed by atoms with E-state index >= 15 is 0 Å². The van der Waals surface area contributed by atoms with E-state index in [0.29, 0.717) is 24.1 Å². The van der Waals surface area contributed by atoms with Crippen molar-refractivity contribution < 1.29 is 9.59 Å². The van der Waals surface area contributed by atoms with E-state index in [2.05, 4.69) is 6.07 Å². The van der Waals surface area contributed by atoms with Gasteiger partial charge < -0.3 is 4.90 Å². The summed E-state index contributed by atoms with van der Waals surface area (Å²) < 4.78 is 0. The molecule has 0 amide bonds. The summed E-state index contributed by atoms with van der Waals surface area (Å²) in [6, 6.07) is 8.76. The molecule has 2 aliphatic carbocycles. The summed E-state index contributed by atoms with van der Waals surface area (Å²) in [5.74, 6) is 0.145. The molecule has 0 aromatic heterocycles. The van der Waals surface area contributed by atoms with Crippen LogP contribution in [-0.4, -0.2) is 23.3 Å². The number of ketones is 2. The van der Waals surface area contributed by atoms with Gasteiger partial charge in [-0.25, -0.2) is 0 Å². The molecule has 1 heterocycles. The van der Waals surface area contributed by atoms with Crippen LogP contribution in [0.1, 0.15) is 44.1 Å². The SMILES string of the molecule is N#Cc1cccc(N2C3=C(CCCC3=O)N=C3CCCC(=O)C32)c1. The van der Waals surface area contributed by atoms with Gasteiger partial charge in [0.15, 0.2) is 11.6 Å². The number of nitriles is 1. The highest BCUT2D eigenvalue weighted by Gasteiger charge is 2.42. The molecule has 1 atom stereocenters. The Kier molecular flexibility index (Phi) is 3.53. The third kappa shape index (κ3) is 2.26. The van der Waals surface area contributed by atoms with E-state index in [0.717, 1.165) is 42.8 Å². The molecule has 24 heavy (non-hydrogen) atoms. The summed E-state index contributed by atoms with van der Waals surface area (Å²) in [5.41, 5.74) is 3.46. The number of carbonyl (C=O) groups excluding carboxylic acids is 2. The first-order valence-corrected chi connectivity index (χ1v) is 8.35. The van der Waals surface area contributed by atoms with Crippen LogP contribution in [0, 0.1) is 11.3 Å². The number of hydrogen-bond donors (Lipinski definition) is 0. The van der Waals surface area contributed by atoms with E-state index in [-0.39, 0.29) is 11.6 Å². The molecule has 1 fully saturated rings. The predicted molar refractivity (Wildman–Crippen MR) is 89.6 cm³/mol. The molecule has 0 N–H and O–H groups in total. The molecule has 1 unspecified atom stereocenters. The van der Waals surface area contributed by atoms with Crippen molar-refractivity contribution in [2.24, 2.45) is 4.99 Å². The van der Waals surface area contributed by atoms with Gasteiger partial charge in [0.2, 0.25) is 0 Å². The van der Waals surface area contributed by atoms with Crippen LogP contribution >= 0.6 is 0 Å². The van der Waals surface area contributed by atoms with E-state index in [4.69, 9.17) is 4.99 Å². The van der Waals surface area contributed by atoms with Gasteiger partial charge in [-0.15, -0.1) is 0 Å². The minimum absolute atomic E-state index is 0.0415. The summed E-state index contributed by atoms with van der Waals surface area (Å²) in [6.45, 7) is 0. The van der Waals surface area contributed by atoms with Gasteiger partial charge in [-0.3, -0.25) is 14.6 Å². The van der Waals surface area contributed by atoms with Crippen LogP contribution in [0.3, 0.4) is 0 Å². The molecule has 5 heteroatoms. The van der Waals surface area contributed by atoms with Crippen molar-refractivity contribution in [2.45, 2.75) is 44.6 Å². The van der Waals surface area contributed by atoms with Crippen LogP contribution in [0.5, 0.6) is 0 Å². The zero-order chi connectivity index (χ0) is 16.7. The molecule has 1 saturated carbocycles. The van der Waals surface area contributed by atoms with Crippen molar-refractivity contribution >= 4 is 23.0 Å². The summed E-state index contributed by atoms with van der Waals surface area (Å²) in [5, 5.41) is 9.19. The van der Waals surface area contributed by atoms with Crippen molar-refractivity contribution in [1.82, 2.24) is 0 Å². The van der Waals surface area contributed by atoms with Crippen LogP contribution in [0.25, 0.3) is 0 Å². The number of fused-ring (bicyclic) bond motifs is 1. The van der Waals surface area contributed by atoms with Gasteiger partial charge in [-0.05, 0) is 43.9 Å². The molecule has 0 radical (unpaired) electrons. The Morgan fingerprint density at radius 1 is 1.12 bits per heavy atom. The Morgan fingerprint density at radius 2 is 1.96 bits per heavy atom. The summed E-state index contributed by atoms with van der Waals surface area (Å²) in [6.07, 6.45) is 4.17. The molecule has 0 spiro atoms. The second kappa shape index (κ2) is 5.72. The highest BCUT2D eigenvalue weighted by molar-refractivity contribution is 6.18. The minimum Gasteiger partial charge on any atom is -0.321 e. The molecule has 0 saturated heterocycles. The number of nitrogens with zero attached hydrogens (tertiary/aromatic N) is 3. The lowest BCUT2D eigenvalue weighted by Gasteiger charge is -2.41. The number of rotatable bonds is 1. The summed E-state index contributed by atoms with van der Waals surface area (Å²) in [4.78, 5) is 31.8. The highest BCUT2D eigenvalue weighted by Crippen LogP contribution is 2.38. The van der Waals surface area contributed by atoms with Crippen LogP contribution in [0.15, 0.2) is 40.7 Å². The Labute approximate surface area is 140 Å². The van der Waals surface area contributed by atoms with Crippen molar-refractivity contribution in [3.8, 4) is 6.07 Å². The average molecular weight is 319 g/mol. The van der Waals surface area contributed by atoms with Crippen LogP contribution in [-0.2, 0) is 9.59 Å². The van der Waals surface area contributed by atoms with Crippen LogP contribution in [0.4, 0.5) is 5.69 Å². The number of anilines is 1. The molecule has 1 aromatic rings. The lowest BCUT2D eigenvalue weighted by Crippen LogP contribution is -2.52. The van der Waals surface area contributed by atoms with Gasteiger partial charge >= 0.3 is 0 Å². The quantitative estimate of drug-likeness (QED) is 0.798. The maximum atomic E-state index is 12.6. The fourth-order valence-corrected chi connectivity index (χ4v) is 3.82. The first-order chi connectivity index (χ1) is 11.7. The number of allylic oxidation sites excluding steroid dienone is 2. The van der Waals surface area contributed by atoms with E-state index in [1.165, 1.54) is 0 Å². The lowest BCUT2D eigenvalue weighted by atomic mass is 9.85. The smallest absolute Gasteiger partial charge is 0.181 e. The molecule has 5 nitrogen and oxygen atoms in total. The van der Waals surface area contributed by atoms with Crippen molar-refractivity contribution in [3.05, 3.63) is 41.2 Å². The van der Waals surface area contributed by atoms with Gasteiger partial charge in [0.25, 0.3) is 0 Å². The van der Waals surface area contributed by atoms with Crippen LogP contribution in [0.2, 0.25) is 0 Å². The normalized spacial score (nSPS) is 23.4. The van der Waals surface area contributed by atoms with E-state index in [9.17, 15) is 14.9 Å². The monoisotopic (exact) mass is 319 g/mol. The minimum atomic E-state index is -0.492. The fraction of sp³-hybridized carbons (Fsp3) is 0.368. The van der Waals surface area contributed by atoms with Gasteiger partial charge in [0.05, 0.1) is 17.3 Å². The molecule has 0 bridgehead atoms. The van der Waals surface area contributed by atoms with E-state index < -0.39 is 6.04 Å². The second-order valence-electron chi connectivity index (χ2n) is 6.43. The molecule has 120 valence electrons. The molecular weight excluding hydrogens is 302 g/mol. The van der Waals surface area contributed by atoms with E-state index in [1.807, 2.05) is 11.0 Å². The summed E-state index contributed by atoms with van der Waals surface area (Å²) >= 11 is 0. The van der Waals surface area contributed by atoms with Crippen LogP contribution < -0.4 is 4.90 Å². The van der Waals surface area contributed by atoms with Gasteiger partial charge in [-0.2, -0.15) is 5.26 Å². The highest BCUT2D eigenvalue weighted by atomic mass is 16.1. The molecular formula is C19H17N3O2.